The number of aromatic nitrogens is 2. The fourth-order valence-electron chi connectivity index (χ4n) is 2.81. The van der Waals surface area contributed by atoms with Crippen LogP contribution < -0.4 is 15.5 Å². The third-order valence-electron chi connectivity index (χ3n) is 4.17. The van der Waals surface area contributed by atoms with Gasteiger partial charge in [0.15, 0.2) is 0 Å². The van der Waals surface area contributed by atoms with E-state index in [4.69, 9.17) is 4.74 Å². The van der Waals surface area contributed by atoms with Crippen LogP contribution in [0, 0.1) is 5.92 Å². The Bertz CT molecular complexity index is 713. The number of piperidine rings is 1. The van der Waals surface area contributed by atoms with Crippen molar-refractivity contribution in [1.29, 1.82) is 0 Å². The van der Waals surface area contributed by atoms with Crippen molar-refractivity contribution in [2.75, 3.05) is 31.1 Å². The highest BCUT2D eigenvalue weighted by atomic mass is 19.4. The first-order chi connectivity index (χ1) is 13.5. The predicted molar refractivity (Wildman–Crippen MR) is 99.2 cm³/mol. The van der Waals surface area contributed by atoms with Gasteiger partial charge >= 0.3 is 12.3 Å². The number of halogens is 3. The summed E-state index contributed by atoms with van der Waals surface area (Å²) in [6, 6.07) is 0.828. The third-order valence-corrected chi connectivity index (χ3v) is 4.17. The zero-order valence-corrected chi connectivity index (χ0v) is 16.7. The molecule has 29 heavy (non-hydrogen) atoms. The number of anilines is 1. The van der Waals surface area contributed by atoms with E-state index in [0.717, 1.165) is 12.3 Å². The molecule has 1 aromatic rings. The molecule has 2 rings (SSSR count). The lowest BCUT2D eigenvalue weighted by Gasteiger charge is -2.31. The number of carbonyl (C=O) groups excluding carboxylic acids is 2. The molecule has 1 aliphatic rings. The quantitative estimate of drug-likeness (QED) is 0.714. The van der Waals surface area contributed by atoms with E-state index < -0.39 is 23.6 Å². The second kappa shape index (κ2) is 9.27. The van der Waals surface area contributed by atoms with E-state index in [1.54, 1.807) is 25.7 Å². The van der Waals surface area contributed by atoms with Crippen LogP contribution in [0.3, 0.4) is 0 Å². The Morgan fingerprint density at radius 1 is 1.17 bits per heavy atom. The molecule has 0 radical (unpaired) electrons. The summed E-state index contributed by atoms with van der Waals surface area (Å²) in [4.78, 5) is 32.9. The Balaban J connectivity index is 1.74. The zero-order valence-electron chi connectivity index (χ0n) is 16.7. The molecule has 1 aromatic heterocycles. The maximum Gasteiger partial charge on any atom is 0.433 e. The van der Waals surface area contributed by atoms with Crippen LogP contribution in [0.1, 0.15) is 39.3 Å². The van der Waals surface area contributed by atoms with Crippen LogP contribution in [0.15, 0.2) is 12.3 Å². The Morgan fingerprint density at radius 3 is 2.38 bits per heavy atom. The second-order valence-corrected chi connectivity index (χ2v) is 7.72. The molecule has 8 nitrogen and oxygen atoms in total. The molecule has 0 aliphatic carbocycles. The molecular weight excluding hydrogens is 391 g/mol. The highest BCUT2D eigenvalue weighted by molar-refractivity contribution is 5.79. The first-order valence-corrected chi connectivity index (χ1v) is 9.35. The van der Waals surface area contributed by atoms with Crippen LogP contribution >= 0.6 is 0 Å². The van der Waals surface area contributed by atoms with E-state index in [9.17, 15) is 22.8 Å². The normalized spacial score (nSPS) is 15.7. The number of ether oxygens (including phenoxy) is 1. The van der Waals surface area contributed by atoms with Gasteiger partial charge in [0.25, 0.3) is 0 Å². The third kappa shape index (κ3) is 7.39. The van der Waals surface area contributed by atoms with Crippen molar-refractivity contribution in [3.05, 3.63) is 18.0 Å². The lowest BCUT2D eigenvalue weighted by Crippen LogP contribution is -2.43. The molecule has 162 valence electrons. The molecule has 0 aromatic carbocycles. The van der Waals surface area contributed by atoms with E-state index >= 15 is 0 Å². The summed E-state index contributed by atoms with van der Waals surface area (Å²) in [5, 5.41) is 5.30. The maximum absolute atomic E-state index is 12.8. The number of rotatable bonds is 5. The van der Waals surface area contributed by atoms with Crippen LogP contribution in [0.4, 0.5) is 23.9 Å². The van der Waals surface area contributed by atoms with Crippen LogP contribution in [-0.2, 0) is 15.7 Å². The minimum Gasteiger partial charge on any atom is -0.444 e. The van der Waals surface area contributed by atoms with Gasteiger partial charge < -0.3 is 20.3 Å². The highest BCUT2D eigenvalue weighted by Crippen LogP contribution is 2.29. The van der Waals surface area contributed by atoms with E-state index in [-0.39, 0.29) is 30.9 Å². The average molecular weight is 417 g/mol. The molecular formula is C18H26F3N5O3. The number of hydrogen-bond donors (Lipinski definition) is 2. The molecule has 2 heterocycles. The lowest BCUT2D eigenvalue weighted by molar-refractivity contribution is -0.141. The predicted octanol–water partition coefficient (Wildman–Crippen LogP) is 2.35. The SMILES string of the molecule is CC(C)(C)OC(=O)NCCNC(=O)C1CCN(c2nccc(C(F)(F)F)n2)CC1. The number of alkyl carbamates (subject to hydrolysis) is 1. The van der Waals surface area contributed by atoms with Gasteiger partial charge in [-0.05, 0) is 39.7 Å². The van der Waals surface area contributed by atoms with Gasteiger partial charge in [0, 0.05) is 38.3 Å². The van der Waals surface area contributed by atoms with E-state index in [1.165, 1.54) is 0 Å². The topological polar surface area (TPSA) is 96.5 Å². The largest absolute Gasteiger partial charge is 0.444 e. The molecule has 0 spiro atoms. The number of hydrogen-bond acceptors (Lipinski definition) is 6. The fraction of sp³-hybridized carbons (Fsp3) is 0.667. The molecule has 1 fully saturated rings. The summed E-state index contributed by atoms with van der Waals surface area (Å²) in [5.74, 6) is -0.389. The first-order valence-electron chi connectivity index (χ1n) is 9.35. The summed E-state index contributed by atoms with van der Waals surface area (Å²) >= 11 is 0. The number of alkyl halides is 3. The van der Waals surface area contributed by atoms with E-state index in [2.05, 4.69) is 20.6 Å². The van der Waals surface area contributed by atoms with Crippen molar-refractivity contribution < 1.29 is 27.5 Å². The monoisotopic (exact) mass is 417 g/mol. The van der Waals surface area contributed by atoms with E-state index in [1.807, 2.05) is 0 Å². The summed E-state index contributed by atoms with van der Waals surface area (Å²) < 4.78 is 43.5. The Morgan fingerprint density at radius 2 is 1.79 bits per heavy atom. The van der Waals surface area contributed by atoms with Crippen molar-refractivity contribution in [3.8, 4) is 0 Å². The van der Waals surface area contributed by atoms with Gasteiger partial charge in [-0.15, -0.1) is 0 Å². The summed E-state index contributed by atoms with van der Waals surface area (Å²) in [5.41, 5.74) is -1.58. The molecule has 0 bridgehead atoms. The molecule has 2 N–H and O–H groups in total. The number of amides is 2. The molecule has 0 saturated carbocycles. The maximum atomic E-state index is 12.8. The number of nitrogens with one attached hydrogen (secondary N) is 2. The summed E-state index contributed by atoms with van der Waals surface area (Å²) in [6.07, 6.45) is -3.04. The van der Waals surface area contributed by atoms with Gasteiger partial charge in [-0.3, -0.25) is 4.79 Å². The molecule has 1 aliphatic heterocycles. The smallest absolute Gasteiger partial charge is 0.433 e. The summed E-state index contributed by atoms with van der Waals surface area (Å²) in [7, 11) is 0. The van der Waals surface area contributed by atoms with Gasteiger partial charge in [0.1, 0.15) is 11.3 Å². The van der Waals surface area contributed by atoms with Crippen molar-refractivity contribution in [3.63, 3.8) is 0 Å². The average Bonchev–Trinajstić information content (AvgIpc) is 2.63. The Labute approximate surface area is 167 Å². The molecule has 0 atom stereocenters. The minimum absolute atomic E-state index is 0.0141. The van der Waals surface area contributed by atoms with Crippen molar-refractivity contribution >= 4 is 17.9 Å². The van der Waals surface area contributed by atoms with Crippen LogP contribution in [0.2, 0.25) is 0 Å². The number of carbonyl (C=O) groups is 2. The van der Waals surface area contributed by atoms with Gasteiger partial charge in [0.05, 0.1) is 0 Å². The van der Waals surface area contributed by atoms with Gasteiger partial charge in [0.2, 0.25) is 11.9 Å². The highest BCUT2D eigenvalue weighted by Gasteiger charge is 2.34. The summed E-state index contributed by atoms with van der Waals surface area (Å²) in [6.45, 7) is 6.53. The van der Waals surface area contributed by atoms with Crippen molar-refractivity contribution in [1.82, 2.24) is 20.6 Å². The molecule has 2 amide bonds. The van der Waals surface area contributed by atoms with Crippen molar-refractivity contribution in [2.45, 2.75) is 45.4 Å². The zero-order chi connectivity index (χ0) is 21.7. The standard InChI is InChI=1S/C18H26F3N5O3/c1-17(2,3)29-16(28)24-9-8-22-14(27)12-5-10-26(11-6-12)15-23-7-4-13(25-15)18(19,20)21/h4,7,12H,5-6,8-11H2,1-3H3,(H,22,27)(H,24,28). The van der Waals surface area contributed by atoms with Crippen molar-refractivity contribution in [2.24, 2.45) is 5.92 Å². The van der Waals surface area contributed by atoms with Gasteiger partial charge in [-0.2, -0.15) is 13.2 Å². The second-order valence-electron chi connectivity index (χ2n) is 7.72. The first kappa shape index (κ1) is 22.7. The molecule has 1 saturated heterocycles. The van der Waals surface area contributed by atoms with Gasteiger partial charge in [-0.25, -0.2) is 14.8 Å². The van der Waals surface area contributed by atoms with Crippen LogP contribution in [0.25, 0.3) is 0 Å². The van der Waals surface area contributed by atoms with Gasteiger partial charge in [-0.1, -0.05) is 0 Å². The minimum atomic E-state index is -4.52. The number of nitrogens with zero attached hydrogens (tertiary/aromatic N) is 3. The Kier molecular flexibility index (Phi) is 7.26. The molecule has 0 unspecified atom stereocenters. The van der Waals surface area contributed by atoms with Crippen LogP contribution in [0.5, 0.6) is 0 Å². The Hall–Kier alpha value is -2.59. The van der Waals surface area contributed by atoms with E-state index in [0.29, 0.717) is 25.9 Å². The lowest BCUT2D eigenvalue weighted by atomic mass is 9.96. The fourth-order valence-corrected chi connectivity index (χ4v) is 2.81. The van der Waals surface area contributed by atoms with Crippen LogP contribution in [-0.4, -0.2) is 53.7 Å². The molecule has 11 heteroatoms.